The van der Waals surface area contributed by atoms with Gasteiger partial charge in [-0.05, 0) is 38.1 Å². The summed E-state index contributed by atoms with van der Waals surface area (Å²) >= 11 is 5.98. The molecule has 0 radical (unpaired) electrons. The van der Waals surface area contributed by atoms with Crippen molar-refractivity contribution in [2.45, 2.75) is 13.8 Å². The summed E-state index contributed by atoms with van der Waals surface area (Å²) in [4.78, 5) is 36.3. The molecule has 0 aliphatic carbocycles. The van der Waals surface area contributed by atoms with Gasteiger partial charge in [0.1, 0.15) is 17.1 Å². The number of ether oxygens (including phenoxy) is 2. The molecule has 0 spiro atoms. The molecule has 0 saturated heterocycles. The number of amides is 2. The second kappa shape index (κ2) is 11.2. The molecule has 0 bridgehead atoms. The summed E-state index contributed by atoms with van der Waals surface area (Å²) in [6.45, 7) is 4.08. The van der Waals surface area contributed by atoms with Crippen molar-refractivity contribution in [3.05, 3.63) is 86.9 Å². The van der Waals surface area contributed by atoms with E-state index in [0.717, 1.165) is 0 Å². The number of nitrogens with zero attached hydrogens (tertiary/aromatic N) is 1. The van der Waals surface area contributed by atoms with Crippen molar-refractivity contribution in [1.29, 1.82) is 0 Å². The third-order valence-corrected chi connectivity index (χ3v) is 4.85. The molecule has 0 aliphatic heterocycles. The molecule has 3 aromatic carbocycles. The summed E-state index contributed by atoms with van der Waals surface area (Å²) in [7, 11) is 0. The zero-order chi connectivity index (χ0) is 24.7. The highest BCUT2D eigenvalue weighted by atomic mass is 35.5. The lowest BCUT2D eigenvalue weighted by Gasteiger charge is -2.18. The van der Waals surface area contributed by atoms with Gasteiger partial charge in [-0.15, -0.1) is 0 Å². The number of carbonyl (C=O) groups excluding carboxylic acids is 2. The van der Waals surface area contributed by atoms with E-state index in [0.29, 0.717) is 16.3 Å². The number of para-hydroxylation sites is 1. The van der Waals surface area contributed by atoms with Gasteiger partial charge in [0.15, 0.2) is 0 Å². The molecule has 34 heavy (non-hydrogen) atoms. The molecule has 176 valence electrons. The summed E-state index contributed by atoms with van der Waals surface area (Å²) in [6.07, 6.45) is 0. The lowest BCUT2D eigenvalue weighted by molar-refractivity contribution is -0.385. The van der Waals surface area contributed by atoms with Crippen LogP contribution in [0.3, 0.4) is 0 Å². The zero-order valence-corrected chi connectivity index (χ0v) is 19.2. The molecular weight excluding hydrogens is 462 g/mol. The van der Waals surface area contributed by atoms with Crippen molar-refractivity contribution in [3.63, 3.8) is 0 Å². The molecule has 0 aliphatic rings. The predicted molar refractivity (Wildman–Crippen MR) is 129 cm³/mol. The van der Waals surface area contributed by atoms with Crippen LogP contribution in [0.4, 0.5) is 17.1 Å². The smallest absolute Gasteiger partial charge is 0.282 e. The van der Waals surface area contributed by atoms with Crippen LogP contribution < -0.4 is 20.1 Å². The maximum atomic E-state index is 12.9. The molecule has 3 rings (SSSR count). The van der Waals surface area contributed by atoms with E-state index in [2.05, 4.69) is 10.6 Å². The average Bonchev–Trinajstić information content (AvgIpc) is 2.81. The van der Waals surface area contributed by atoms with Crippen molar-refractivity contribution in [3.8, 4) is 11.5 Å². The maximum Gasteiger partial charge on any atom is 0.282 e. The van der Waals surface area contributed by atoms with E-state index in [-0.39, 0.29) is 41.7 Å². The van der Waals surface area contributed by atoms with E-state index in [1.807, 2.05) is 0 Å². The lowest BCUT2D eigenvalue weighted by Crippen LogP contribution is -2.16. The first kappa shape index (κ1) is 24.5. The van der Waals surface area contributed by atoms with Gasteiger partial charge in [-0.1, -0.05) is 29.8 Å². The minimum atomic E-state index is -0.689. The molecule has 10 heteroatoms. The van der Waals surface area contributed by atoms with Crippen LogP contribution in [0.2, 0.25) is 5.02 Å². The number of anilines is 2. The number of halogens is 1. The van der Waals surface area contributed by atoms with Crippen LogP contribution in [0.15, 0.2) is 60.7 Å². The molecule has 0 aromatic heterocycles. The number of nitro benzene ring substituents is 1. The summed E-state index contributed by atoms with van der Waals surface area (Å²) in [5, 5.41) is 17.1. The van der Waals surface area contributed by atoms with Crippen molar-refractivity contribution in [1.82, 2.24) is 0 Å². The molecule has 0 heterocycles. The first-order valence-corrected chi connectivity index (χ1v) is 10.8. The highest BCUT2D eigenvalue weighted by molar-refractivity contribution is 6.31. The molecule has 9 nitrogen and oxygen atoms in total. The van der Waals surface area contributed by atoms with Crippen LogP contribution in [0.1, 0.15) is 34.6 Å². The summed E-state index contributed by atoms with van der Waals surface area (Å²) < 4.78 is 11.3. The Labute approximate surface area is 200 Å². The van der Waals surface area contributed by atoms with Crippen LogP contribution in [0.25, 0.3) is 0 Å². The number of carbonyl (C=O) groups is 2. The molecule has 2 N–H and O–H groups in total. The lowest BCUT2D eigenvalue weighted by atomic mass is 10.1. The van der Waals surface area contributed by atoms with Crippen LogP contribution in [-0.4, -0.2) is 30.0 Å². The second-order valence-electron chi connectivity index (χ2n) is 6.90. The van der Waals surface area contributed by atoms with Gasteiger partial charge in [0.25, 0.3) is 17.5 Å². The van der Waals surface area contributed by atoms with E-state index in [9.17, 15) is 19.7 Å². The summed E-state index contributed by atoms with van der Waals surface area (Å²) in [5.41, 5.74) is 0.467. The zero-order valence-electron chi connectivity index (χ0n) is 18.5. The van der Waals surface area contributed by atoms with Gasteiger partial charge in [0.05, 0.1) is 29.5 Å². The highest BCUT2D eigenvalue weighted by Crippen LogP contribution is 2.37. The summed E-state index contributed by atoms with van der Waals surface area (Å²) in [6, 6.07) is 15.1. The Kier molecular flexibility index (Phi) is 8.05. The van der Waals surface area contributed by atoms with Crippen molar-refractivity contribution in [2.24, 2.45) is 0 Å². The summed E-state index contributed by atoms with van der Waals surface area (Å²) in [5.74, 6) is -0.576. The quantitative estimate of drug-likeness (QED) is 0.304. The van der Waals surface area contributed by atoms with Gasteiger partial charge in [-0.3, -0.25) is 19.7 Å². The minimum Gasteiger partial charge on any atom is -0.492 e. The van der Waals surface area contributed by atoms with Crippen molar-refractivity contribution in [2.75, 3.05) is 23.8 Å². The molecule has 0 unspecified atom stereocenters. The number of rotatable bonds is 9. The highest BCUT2D eigenvalue weighted by Gasteiger charge is 2.22. The molecule has 0 saturated carbocycles. The Morgan fingerprint density at radius 2 is 1.47 bits per heavy atom. The van der Waals surface area contributed by atoms with Crippen LogP contribution in [0, 0.1) is 10.1 Å². The normalized spacial score (nSPS) is 10.3. The van der Waals surface area contributed by atoms with Crippen molar-refractivity contribution < 1.29 is 24.0 Å². The SMILES string of the molecule is CCOc1cc(NC(=O)c2ccccc2[N+](=O)[O-])c(OCC)cc1NC(=O)c1cccc(Cl)c1. The minimum absolute atomic E-state index is 0.105. The molecule has 2 amide bonds. The van der Waals surface area contributed by atoms with Crippen LogP contribution in [0.5, 0.6) is 11.5 Å². The number of hydrogen-bond acceptors (Lipinski definition) is 6. The fourth-order valence-corrected chi connectivity index (χ4v) is 3.33. The van der Waals surface area contributed by atoms with E-state index >= 15 is 0 Å². The standard InChI is InChI=1S/C24H22ClN3O6/c1-3-33-21-14-19(27-24(30)17-10-5-6-11-20(17)28(31)32)22(34-4-2)13-18(21)26-23(29)15-8-7-9-16(25)12-15/h5-14H,3-4H2,1-2H3,(H,26,29)(H,27,30). The first-order valence-electron chi connectivity index (χ1n) is 10.4. The second-order valence-corrected chi connectivity index (χ2v) is 7.34. The van der Waals surface area contributed by atoms with E-state index in [1.54, 1.807) is 32.0 Å². The molecule has 3 aromatic rings. The number of hydrogen-bond donors (Lipinski definition) is 2. The fraction of sp³-hybridized carbons (Fsp3) is 0.167. The van der Waals surface area contributed by atoms with Gasteiger partial charge in [-0.25, -0.2) is 0 Å². The third kappa shape index (κ3) is 5.81. The third-order valence-electron chi connectivity index (χ3n) is 4.61. The topological polar surface area (TPSA) is 120 Å². The van der Waals surface area contributed by atoms with Gasteiger partial charge >= 0.3 is 0 Å². The average molecular weight is 484 g/mol. The van der Waals surface area contributed by atoms with Crippen LogP contribution >= 0.6 is 11.6 Å². The van der Waals surface area contributed by atoms with E-state index in [1.165, 1.54) is 42.5 Å². The number of nitro groups is 1. The Morgan fingerprint density at radius 1 is 0.882 bits per heavy atom. The van der Waals surface area contributed by atoms with Crippen LogP contribution in [-0.2, 0) is 0 Å². The molecule has 0 atom stereocenters. The Balaban J connectivity index is 1.97. The number of nitrogens with one attached hydrogen (secondary N) is 2. The Bertz CT molecular complexity index is 1230. The van der Waals surface area contributed by atoms with Gasteiger partial charge in [-0.2, -0.15) is 0 Å². The predicted octanol–water partition coefficient (Wildman–Crippen LogP) is 5.55. The fourth-order valence-electron chi connectivity index (χ4n) is 3.14. The maximum absolute atomic E-state index is 12.9. The van der Waals surface area contributed by atoms with E-state index in [4.69, 9.17) is 21.1 Å². The Morgan fingerprint density at radius 3 is 2.03 bits per heavy atom. The van der Waals surface area contributed by atoms with Gasteiger partial charge in [0.2, 0.25) is 0 Å². The largest absolute Gasteiger partial charge is 0.492 e. The van der Waals surface area contributed by atoms with E-state index < -0.39 is 16.7 Å². The monoisotopic (exact) mass is 483 g/mol. The molecule has 0 fully saturated rings. The first-order chi connectivity index (χ1) is 16.3. The Hall–Kier alpha value is -4.11. The number of benzene rings is 3. The van der Waals surface area contributed by atoms with Gasteiger partial charge in [0, 0.05) is 28.8 Å². The molecular formula is C24H22ClN3O6. The van der Waals surface area contributed by atoms with Gasteiger partial charge < -0.3 is 20.1 Å². The van der Waals surface area contributed by atoms with Crippen molar-refractivity contribution >= 4 is 40.5 Å².